The molecule has 0 fully saturated rings. The molecule has 0 aliphatic rings. The third kappa shape index (κ3) is 6.98. The van der Waals surface area contributed by atoms with E-state index in [9.17, 15) is 0 Å². The molecule has 3 heteroatoms. The average molecular weight is 196 g/mol. The van der Waals surface area contributed by atoms with Gasteiger partial charge in [-0.3, -0.25) is 0 Å². The first kappa shape index (κ1) is 11.6. The quantitative estimate of drug-likeness (QED) is 0.600. The summed E-state index contributed by atoms with van der Waals surface area (Å²) in [5.41, 5.74) is 0. The number of thioether (sulfide) groups is 1. The first-order chi connectivity index (χ1) is 5.20. The zero-order chi connectivity index (χ0) is 8.69. The smallest absolute Gasteiger partial charge is 0.0761 e. The summed E-state index contributed by atoms with van der Waals surface area (Å²) in [7, 11) is 0. The molecular weight excluding hydrogens is 178 g/mol. The van der Waals surface area contributed by atoms with E-state index < -0.39 is 0 Å². The Morgan fingerprint density at radius 3 is 2.27 bits per heavy atom. The van der Waals surface area contributed by atoms with Crippen LogP contribution in [0.1, 0.15) is 20.8 Å². The van der Waals surface area contributed by atoms with Crippen LogP contribution in [0, 0.1) is 0 Å². The van der Waals surface area contributed by atoms with Gasteiger partial charge in [0.25, 0.3) is 0 Å². The molecule has 11 heavy (non-hydrogen) atoms. The van der Waals surface area contributed by atoms with Crippen LogP contribution in [-0.4, -0.2) is 35.0 Å². The Balaban J connectivity index is 3.21. The summed E-state index contributed by atoms with van der Waals surface area (Å²) in [6.45, 7) is 9.86. The van der Waals surface area contributed by atoms with Gasteiger partial charge in [-0.05, 0) is 20.0 Å². The minimum absolute atomic E-state index is 0.255. The predicted molar refractivity (Wildman–Crippen MR) is 55.6 cm³/mol. The highest BCUT2D eigenvalue weighted by Gasteiger charge is 2.00. The summed E-state index contributed by atoms with van der Waals surface area (Å²) in [4.78, 5) is 2.41. The number of nitrogens with zero attached hydrogens (tertiary/aromatic N) is 1. The van der Waals surface area contributed by atoms with Gasteiger partial charge in [0, 0.05) is 12.3 Å². The second kappa shape index (κ2) is 7.26. The Kier molecular flexibility index (Phi) is 7.66. The SMILES string of the molecule is CCN(CC)CCSC(C)Cl. The fourth-order valence-electron chi connectivity index (χ4n) is 0.884. The van der Waals surface area contributed by atoms with Crippen LogP contribution in [0.3, 0.4) is 0 Å². The molecule has 0 aromatic rings. The number of hydrogen-bond donors (Lipinski definition) is 0. The Morgan fingerprint density at radius 1 is 1.36 bits per heavy atom. The van der Waals surface area contributed by atoms with Crippen LogP contribution in [0.5, 0.6) is 0 Å². The molecule has 0 rings (SSSR count). The maximum Gasteiger partial charge on any atom is 0.0761 e. The molecule has 0 aromatic heterocycles. The van der Waals surface area contributed by atoms with Crippen molar-refractivity contribution < 1.29 is 0 Å². The average Bonchev–Trinajstić information content (AvgIpc) is 1.98. The maximum atomic E-state index is 5.79. The molecule has 68 valence electrons. The van der Waals surface area contributed by atoms with Gasteiger partial charge in [0.2, 0.25) is 0 Å². The fourth-order valence-corrected chi connectivity index (χ4v) is 1.84. The monoisotopic (exact) mass is 195 g/mol. The number of rotatable bonds is 6. The molecule has 0 aromatic carbocycles. The summed E-state index contributed by atoms with van der Waals surface area (Å²) in [6, 6.07) is 0. The molecule has 0 bridgehead atoms. The van der Waals surface area contributed by atoms with Crippen molar-refractivity contribution in [3.63, 3.8) is 0 Å². The molecule has 0 saturated carbocycles. The van der Waals surface area contributed by atoms with Crippen molar-refractivity contribution >= 4 is 23.4 Å². The van der Waals surface area contributed by atoms with Crippen LogP contribution in [-0.2, 0) is 0 Å². The molecule has 0 saturated heterocycles. The first-order valence-electron chi connectivity index (χ1n) is 4.18. The van der Waals surface area contributed by atoms with E-state index in [1.165, 1.54) is 0 Å². The Hall–Kier alpha value is 0.600. The van der Waals surface area contributed by atoms with E-state index in [-0.39, 0.29) is 4.71 Å². The van der Waals surface area contributed by atoms with Gasteiger partial charge in [-0.1, -0.05) is 13.8 Å². The molecular formula is C8H18ClNS. The number of halogens is 1. The lowest BCUT2D eigenvalue weighted by atomic mass is 10.5. The second-order valence-electron chi connectivity index (χ2n) is 2.44. The van der Waals surface area contributed by atoms with Crippen LogP contribution in [0.25, 0.3) is 0 Å². The van der Waals surface area contributed by atoms with Crippen LogP contribution >= 0.6 is 23.4 Å². The molecule has 0 amide bonds. The molecule has 0 radical (unpaired) electrons. The topological polar surface area (TPSA) is 3.24 Å². The minimum atomic E-state index is 0.255. The van der Waals surface area contributed by atoms with E-state index in [0.717, 1.165) is 25.4 Å². The summed E-state index contributed by atoms with van der Waals surface area (Å²) in [5, 5.41) is 0. The summed E-state index contributed by atoms with van der Waals surface area (Å²) < 4.78 is 0.255. The van der Waals surface area contributed by atoms with Crippen LogP contribution in [0.15, 0.2) is 0 Å². The maximum absolute atomic E-state index is 5.79. The number of hydrogen-bond acceptors (Lipinski definition) is 2. The lowest BCUT2D eigenvalue weighted by Gasteiger charge is -2.17. The highest BCUT2D eigenvalue weighted by molar-refractivity contribution is 8.01. The third-order valence-corrected chi connectivity index (χ3v) is 2.91. The molecule has 1 nitrogen and oxygen atoms in total. The van der Waals surface area contributed by atoms with Crippen molar-refractivity contribution in [3.8, 4) is 0 Å². The van der Waals surface area contributed by atoms with Gasteiger partial charge < -0.3 is 4.90 Å². The van der Waals surface area contributed by atoms with Crippen molar-refractivity contribution in [2.75, 3.05) is 25.4 Å². The van der Waals surface area contributed by atoms with Gasteiger partial charge in [0.05, 0.1) is 4.71 Å². The van der Waals surface area contributed by atoms with E-state index in [1.807, 2.05) is 18.7 Å². The van der Waals surface area contributed by atoms with Gasteiger partial charge in [0.15, 0.2) is 0 Å². The predicted octanol–water partition coefficient (Wildman–Crippen LogP) is 2.65. The molecule has 1 unspecified atom stereocenters. The molecule has 0 spiro atoms. The standard InChI is InChI=1S/C8H18ClNS/c1-4-10(5-2)6-7-11-8(3)9/h8H,4-7H2,1-3H3. The fraction of sp³-hybridized carbons (Fsp3) is 1.00. The van der Waals surface area contributed by atoms with Gasteiger partial charge in [-0.15, -0.1) is 23.4 Å². The number of alkyl halides is 1. The molecule has 0 heterocycles. The molecule has 1 atom stereocenters. The van der Waals surface area contributed by atoms with Crippen LogP contribution in [0.2, 0.25) is 0 Å². The van der Waals surface area contributed by atoms with E-state index in [1.54, 1.807) is 0 Å². The largest absolute Gasteiger partial charge is 0.303 e. The summed E-state index contributed by atoms with van der Waals surface area (Å²) in [5.74, 6) is 1.15. The molecule has 0 aliphatic carbocycles. The second-order valence-corrected chi connectivity index (χ2v) is 4.80. The van der Waals surface area contributed by atoms with Crippen molar-refractivity contribution in [2.24, 2.45) is 0 Å². The highest BCUT2D eigenvalue weighted by Crippen LogP contribution is 2.13. The molecule has 0 N–H and O–H groups in total. The first-order valence-corrected chi connectivity index (χ1v) is 5.67. The minimum Gasteiger partial charge on any atom is -0.303 e. The van der Waals surface area contributed by atoms with Crippen LogP contribution < -0.4 is 0 Å². The lowest BCUT2D eigenvalue weighted by Crippen LogP contribution is -2.25. The highest BCUT2D eigenvalue weighted by atomic mass is 35.5. The van der Waals surface area contributed by atoms with Crippen molar-refractivity contribution in [2.45, 2.75) is 25.5 Å². The van der Waals surface area contributed by atoms with E-state index in [2.05, 4.69) is 18.7 Å². The zero-order valence-electron chi connectivity index (χ0n) is 7.64. The van der Waals surface area contributed by atoms with E-state index in [4.69, 9.17) is 11.6 Å². The summed E-state index contributed by atoms with van der Waals surface area (Å²) >= 11 is 7.61. The zero-order valence-corrected chi connectivity index (χ0v) is 9.21. The lowest BCUT2D eigenvalue weighted by molar-refractivity contribution is 0.324. The van der Waals surface area contributed by atoms with E-state index >= 15 is 0 Å². The Morgan fingerprint density at radius 2 is 1.91 bits per heavy atom. The van der Waals surface area contributed by atoms with E-state index in [0.29, 0.717) is 0 Å². The summed E-state index contributed by atoms with van der Waals surface area (Å²) in [6.07, 6.45) is 0. The molecule has 0 aliphatic heterocycles. The van der Waals surface area contributed by atoms with Gasteiger partial charge >= 0.3 is 0 Å². The normalized spacial score (nSPS) is 13.9. The van der Waals surface area contributed by atoms with Crippen LogP contribution in [0.4, 0.5) is 0 Å². The third-order valence-electron chi connectivity index (χ3n) is 1.65. The van der Waals surface area contributed by atoms with Gasteiger partial charge in [0.1, 0.15) is 0 Å². The Bertz CT molecular complexity index is 84.2. The van der Waals surface area contributed by atoms with Crippen molar-refractivity contribution in [1.82, 2.24) is 4.90 Å². The van der Waals surface area contributed by atoms with Gasteiger partial charge in [-0.2, -0.15) is 0 Å². The Labute approximate surface area is 79.5 Å². The van der Waals surface area contributed by atoms with Crippen molar-refractivity contribution in [3.05, 3.63) is 0 Å². The van der Waals surface area contributed by atoms with Crippen molar-refractivity contribution in [1.29, 1.82) is 0 Å². The van der Waals surface area contributed by atoms with Gasteiger partial charge in [-0.25, -0.2) is 0 Å².